The van der Waals surface area contributed by atoms with Crippen LogP contribution >= 0.6 is 0 Å². The van der Waals surface area contributed by atoms with Gasteiger partial charge in [0.1, 0.15) is 5.82 Å². The Morgan fingerprint density at radius 3 is 2.17 bits per heavy atom. The van der Waals surface area contributed by atoms with Crippen LogP contribution in [0.25, 0.3) is 5.57 Å². The number of carbonyl (C=O) groups excluding carboxylic acids is 1. The van der Waals surface area contributed by atoms with Gasteiger partial charge >= 0.3 is 12.4 Å². The first-order valence-corrected chi connectivity index (χ1v) is 10.1. The van der Waals surface area contributed by atoms with Crippen LogP contribution in [0.1, 0.15) is 42.5 Å². The molecule has 0 saturated heterocycles. The number of nitrogens with two attached hydrogens (primary N) is 1. The molecule has 35 heavy (non-hydrogen) atoms. The third-order valence-corrected chi connectivity index (χ3v) is 4.96. The van der Waals surface area contributed by atoms with Crippen molar-refractivity contribution in [1.29, 1.82) is 0 Å². The summed E-state index contributed by atoms with van der Waals surface area (Å²) in [5, 5.41) is 5.00. The number of alkyl halides is 6. The van der Waals surface area contributed by atoms with Crippen LogP contribution in [0.4, 0.5) is 30.7 Å². The maximum Gasteiger partial charge on any atom is 0.416 e. The summed E-state index contributed by atoms with van der Waals surface area (Å²) in [5.74, 6) is -2.58. The van der Waals surface area contributed by atoms with Gasteiger partial charge in [0.05, 0.1) is 28.6 Å². The molecule has 1 unspecified atom stereocenters. The highest BCUT2D eigenvalue weighted by atomic mass is 19.4. The molecule has 1 heterocycles. The minimum Gasteiger partial charge on any atom is -0.366 e. The molecule has 1 aromatic heterocycles. The highest BCUT2D eigenvalue weighted by molar-refractivity contribution is 6.18. The first-order chi connectivity index (χ1) is 16.2. The second-order valence-corrected chi connectivity index (χ2v) is 7.41. The van der Waals surface area contributed by atoms with E-state index < -0.39 is 46.7 Å². The molecule has 5 nitrogen and oxygen atoms in total. The predicted octanol–water partition coefficient (Wildman–Crippen LogP) is 5.98. The molecule has 1 aromatic carbocycles. The van der Waals surface area contributed by atoms with Crippen LogP contribution in [0.5, 0.6) is 0 Å². The lowest BCUT2D eigenvalue weighted by molar-refractivity contribution is -0.143. The Hall–Kier alpha value is -3.70. The van der Waals surface area contributed by atoms with Gasteiger partial charge in [-0.15, -0.1) is 0 Å². The number of rotatable bonds is 8. The Balaban J connectivity index is 2.76. The van der Waals surface area contributed by atoms with Gasteiger partial charge in [-0.25, -0.2) is 9.40 Å². The summed E-state index contributed by atoms with van der Waals surface area (Å²) >= 11 is 0. The molecule has 1 amide bonds. The zero-order chi connectivity index (χ0) is 26.6. The van der Waals surface area contributed by atoms with E-state index in [9.17, 15) is 35.5 Å². The summed E-state index contributed by atoms with van der Waals surface area (Å²) in [6.45, 7) is 6.70. The van der Waals surface area contributed by atoms with Gasteiger partial charge in [0.2, 0.25) is 0 Å². The highest BCUT2D eigenvalue weighted by Crippen LogP contribution is 2.37. The van der Waals surface area contributed by atoms with Crippen molar-refractivity contribution in [2.45, 2.75) is 32.6 Å². The van der Waals surface area contributed by atoms with Crippen molar-refractivity contribution in [3.8, 4) is 0 Å². The molecular weight excluding hydrogens is 481 g/mol. The molecule has 2 rings (SSSR count). The van der Waals surface area contributed by atoms with Crippen molar-refractivity contribution < 1.29 is 35.5 Å². The lowest BCUT2D eigenvalue weighted by Crippen LogP contribution is -2.21. The zero-order valence-corrected chi connectivity index (χ0v) is 18.6. The minimum atomic E-state index is -5.05. The van der Waals surface area contributed by atoms with Gasteiger partial charge in [0.15, 0.2) is 0 Å². The number of primary amides is 1. The van der Waals surface area contributed by atoms with Crippen molar-refractivity contribution in [1.82, 2.24) is 9.99 Å². The Morgan fingerprint density at radius 1 is 1.17 bits per heavy atom. The molecular formula is C23H21F7N4O. The van der Waals surface area contributed by atoms with Crippen molar-refractivity contribution >= 4 is 17.2 Å². The largest absolute Gasteiger partial charge is 0.416 e. The van der Waals surface area contributed by atoms with Gasteiger partial charge in [-0.1, -0.05) is 20.4 Å². The predicted molar refractivity (Wildman–Crippen MR) is 116 cm³/mol. The summed E-state index contributed by atoms with van der Waals surface area (Å²) in [4.78, 5) is 15.5. The van der Waals surface area contributed by atoms with E-state index >= 15 is 0 Å². The van der Waals surface area contributed by atoms with E-state index in [0.29, 0.717) is 18.6 Å². The molecule has 0 aliphatic heterocycles. The molecule has 0 spiro atoms. The Labute approximate surface area is 196 Å². The average molecular weight is 502 g/mol. The summed E-state index contributed by atoms with van der Waals surface area (Å²) in [6, 6.07) is 2.29. The molecule has 1 atom stereocenters. The van der Waals surface area contributed by atoms with Crippen molar-refractivity contribution in [2.75, 3.05) is 0 Å². The van der Waals surface area contributed by atoms with Crippen LogP contribution in [0.2, 0.25) is 0 Å². The van der Waals surface area contributed by atoms with Crippen LogP contribution in [0.3, 0.4) is 0 Å². The quantitative estimate of drug-likeness (QED) is 0.209. The van der Waals surface area contributed by atoms with E-state index in [1.54, 1.807) is 13.8 Å². The molecule has 0 aliphatic carbocycles. The third-order valence-electron chi connectivity index (χ3n) is 4.96. The van der Waals surface area contributed by atoms with Crippen LogP contribution < -0.4 is 5.73 Å². The van der Waals surface area contributed by atoms with Gasteiger partial charge < -0.3 is 5.73 Å². The van der Waals surface area contributed by atoms with Gasteiger partial charge in [0, 0.05) is 30.1 Å². The number of pyridine rings is 1. The summed E-state index contributed by atoms with van der Waals surface area (Å²) in [7, 11) is 0. The number of carbonyl (C=O) groups is 1. The monoisotopic (exact) mass is 502 g/mol. The average Bonchev–Trinajstić information content (AvgIpc) is 2.78. The zero-order valence-electron chi connectivity index (χ0n) is 18.6. The molecule has 0 aliphatic rings. The third kappa shape index (κ3) is 6.90. The summed E-state index contributed by atoms with van der Waals surface area (Å²) < 4.78 is 94.3. The molecule has 0 radical (unpaired) electrons. The van der Waals surface area contributed by atoms with Gasteiger partial charge in [-0.2, -0.15) is 31.4 Å². The fourth-order valence-corrected chi connectivity index (χ4v) is 2.98. The number of halogens is 7. The van der Waals surface area contributed by atoms with E-state index in [1.807, 2.05) is 0 Å². The first kappa shape index (κ1) is 27.5. The van der Waals surface area contributed by atoms with Crippen LogP contribution in [-0.2, 0) is 17.1 Å². The lowest BCUT2D eigenvalue weighted by atomic mass is 9.93. The van der Waals surface area contributed by atoms with Crippen molar-refractivity contribution in [2.24, 2.45) is 16.8 Å². The second-order valence-electron chi connectivity index (χ2n) is 7.41. The van der Waals surface area contributed by atoms with Crippen LogP contribution in [0.15, 0.2) is 60.7 Å². The number of nitrogens with zero attached hydrogens (tertiary/aromatic N) is 3. The van der Waals surface area contributed by atoms with Gasteiger partial charge in [-0.05, 0) is 36.2 Å². The SMILES string of the molecule is C=CN(/C=C(/C(N)=O)c1ccncc1F)/N=C(/c1cc(C(F)(F)F)cc(C(F)(F)F)c1)C(C)CC. The molecule has 12 heteroatoms. The van der Waals surface area contributed by atoms with Crippen molar-refractivity contribution in [3.63, 3.8) is 0 Å². The number of amides is 1. The smallest absolute Gasteiger partial charge is 0.366 e. The Morgan fingerprint density at radius 2 is 1.74 bits per heavy atom. The maximum atomic E-state index is 14.2. The second kappa shape index (κ2) is 10.7. The van der Waals surface area contributed by atoms with E-state index in [-0.39, 0.29) is 22.9 Å². The first-order valence-electron chi connectivity index (χ1n) is 10.1. The standard InChI is InChI=1S/C23H21F7N4O/c1-4-13(3)20(14-8-15(22(25,26)27)10-16(9-14)23(28,29)30)33-34(5-2)12-18(21(31)35)17-6-7-32-11-19(17)24/h5-13H,2,4H2,1,3H3,(H2,31,35)/b18-12+,33-20+. The highest BCUT2D eigenvalue weighted by Gasteiger charge is 2.37. The lowest BCUT2D eigenvalue weighted by Gasteiger charge is -2.20. The number of hydrogen-bond acceptors (Lipinski definition) is 4. The van der Waals surface area contributed by atoms with Crippen molar-refractivity contribution in [3.05, 3.63) is 83.7 Å². The Bertz CT molecular complexity index is 1120. The van der Waals surface area contributed by atoms with Gasteiger partial charge in [0.25, 0.3) is 5.91 Å². The number of aromatic nitrogens is 1. The van der Waals surface area contributed by atoms with E-state index in [2.05, 4.69) is 16.7 Å². The van der Waals surface area contributed by atoms with Crippen LogP contribution in [-0.4, -0.2) is 21.6 Å². The fourth-order valence-electron chi connectivity index (χ4n) is 2.98. The number of hydrogen-bond donors (Lipinski definition) is 1. The minimum absolute atomic E-state index is 0.0142. The molecule has 188 valence electrons. The van der Waals surface area contributed by atoms with E-state index in [0.717, 1.165) is 29.7 Å². The summed E-state index contributed by atoms with van der Waals surface area (Å²) in [6.07, 6.45) is -5.77. The maximum absolute atomic E-state index is 14.2. The molecule has 2 aromatic rings. The topological polar surface area (TPSA) is 71.6 Å². The fraction of sp³-hybridized carbons (Fsp3) is 0.261. The molecule has 0 saturated carbocycles. The number of benzene rings is 1. The molecule has 2 N–H and O–H groups in total. The molecule has 0 bridgehead atoms. The number of hydrazone groups is 1. The van der Waals surface area contributed by atoms with E-state index in [4.69, 9.17) is 5.73 Å². The van der Waals surface area contributed by atoms with E-state index in [1.165, 1.54) is 6.20 Å². The Kier molecular flexibility index (Phi) is 8.42. The molecule has 0 fully saturated rings. The van der Waals surface area contributed by atoms with Gasteiger partial charge in [-0.3, -0.25) is 9.78 Å². The van der Waals surface area contributed by atoms with Crippen LogP contribution in [0, 0.1) is 11.7 Å². The summed E-state index contributed by atoms with van der Waals surface area (Å²) in [5.41, 5.74) is 1.14. The normalized spacial score (nSPS) is 14.0.